The fourth-order valence-corrected chi connectivity index (χ4v) is 4.22. The molecule has 7 nitrogen and oxygen atoms in total. The number of fused-ring (bicyclic) bond motifs is 1. The van der Waals surface area contributed by atoms with E-state index in [2.05, 4.69) is 4.90 Å². The van der Waals surface area contributed by atoms with Crippen LogP contribution in [0.15, 0.2) is 48.0 Å². The minimum atomic E-state index is -0.715. The average molecular weight is 457 g/mol. The van der Waals surface area contributed by atoms with Crippen LogP contribution < -0.4 is 9.47 Å². The van der Waals surface area contributed by atoms with Gasteiger partial charge in [0, 0.05) is 23.7 Å². The third-order valence-corrected chi connectivity index (χ3v) is 6.18. The highest BCUT2D eigenvalue weighted by Crippen LogP contribution is 2.41. The van der Waals surface area contributed by atoms with Gasteiger partial charge in [0.25, 0.3) is 11.7 Å². The van der Waals surface area contributed by atoms with Crippen molar-refractivity contribution in [1.29, 1.82) is 0 Å². The van der Waals surface area contributed by atoms with Gasteiger partial charge >= 0.3 is 0 Å². The topological polar surface area (TPSA) is 79.3 Å². The van der Waals surface area contributed by atoms with Crippen molar-refractivity contribution in [2.24, 2.45) is 0 Å². The Morgan fingerprint density at radius 2 is 1.78 bits per heavy atom. The highest BCUT2D eigenvalue weighted by atomic mass is 35.5. The Balaban J connectivity index is 1.78. The quantitative estimate of drug-likeness (QED) is 0.387. The third kappa shape index (κ3) is 4.06. The van der Waals surface area contributed by atoms with Gasteiger partial charge in [-0.2, -0.15) is 0 Å². The number of hydrogen-bond donors (Lipinski definition) is 1. The number of benzene rings is 2. The zero-order valence-corrected chi connectivity index (χ0v) is 18.8. The summed E-state index contributed by atoms with van der Waals surface area (Å²) in [6, 6.07) is 11.2. The minimum Gasteiger partial charge on any atom is -0.507 e. The van der Waals surface area contributed by atoms with Gasteiger partial charge in [-0.3, -0.25) is 9.59 Å². The molecule has 168 valence electrons. The molecular weight excluding hydrogens is 432 g/mol. The van der Waals surface area contributed by atoms with E-state index in [1.54, 1.807) is 42.5 Å². The van der Waals surface area contributed by atoms with Gasteiger partial charge in [-0.05, 0) is 49.0 Å². The zero-order chi connectivity index (χ0) is 22.8. The smallest absolute Gasteiger partial charge is 0.295 e. The molecule has 2 aromatic carbocycles. The van der Waals surface area contributed by atoms with Crippen LogP contribution in [0.3, 0.4) is 0 Å². The number of aliphatic hydroxyl groups excluding tert-OH is 1. The van der Waals surface area contributed by atoms with Crippen molar-refractivity contribution in [2.75, 3.05) is 33.0 Å². The molecule has 2 aliphatic heterocycles. The first-order valence-electron chi connectivity index (χ1n) is 10.6. The average Bonchev–Trinajstić information content (AvgIpc) is 3.37. The number of hydrogen-bond acceptors (Lipinski definition) is 6. The largest absolute Gasteiger partial charge is 0.507 e. The number of aliphatic hydroxyl groups is 1. The SMILES string of the molecule is CCN(CC)CCN1C(=O)C(=O)/C(=C(/O)c2ccc3c(c2)OCO3)C1c1ccc(Cl)cc1. The van der Waals surface area contributed by atoms with Crippen molar-refractivity contribution in [1.82, 2.24) is 9.80 Å². The highest BCUT2D eigenvalue weighted by molar-refractivity contribution is 6.46. The first-order chi connectivity index (χ1) is 15.4. The number of halogens is 1. The van der Waals surface area contributed by atoms with E-state index in [1.807, 2.05) is 13.8 Å². The van der Waals surface area contributed by atoms with E-state index in [0.717, 1.165) is 13.1 Å². The maximum atomic E-state index is 13.1. The predicted octanol–water partition coefficient (Wildman–Crippen LogP) is 3.83. The molecule has 0 saturated carbocycles. The van der Waals surface area contributed by atoms with Gasteiger partial charge in [0.15, 0.2) is 11.5 Å². The van der Waals surface area contributed by atoms with Crippen molar-refractivity contribution >= 4 is 29.1 Å². The van der Waals surface area contributed by atoms with Gasteiger partial charge < -0.3 is 24.4 Å². The molecular formula is C24H25ClN2O5. The summed E-state index contributed by atoms with van der Waals surface area (Å²) in [5.41, 5.74) is 1.14. The molecule has 32 heavy (non-hydrogen) atoms. The van der Waals surface area contributed by atoms with Gasteiger partial charge in [-0.15, -0.1) is 0 Å². The summed E-state index contributed by atoms with van der Waals surface area (Å²) in [5, 5.41) is 11.7. The summed E-state index contributed by atoms with van der Waals surface area (Å²) >= 11 is 6.06. The lowest BCUT2D eigenvalue weighted by molar-refractivity contribution is -0.140. The van der Waals surface area contributed by atoms with Crippen LogP contribution in [0.1, 0.15) is 31.0 Å². The highest BCUT2D eigenvalue weighted by Gasteiger charge is 2.46. The van der Waals surface area contributed by atoms with E-state index >= 15 is 0 Å². The molecule has 1 N–H and O–H groups in total. The third-order valence-electron chi connectivity index (χ3n) is 5.92. The molecule has 2 heterocycles. The number of carbonyl (C=O) groups is 2. The lowest BCUT2D eigenvalue weighted by atomic mass is 9.95. The monoisotopic (exact) mass is 456 g/mol. The van der Waals surface area contributed by atoms with Gasteiger partial charge in [0.2, 0.25) is 6.79 Å². The van der Waals surface area contributed by atoms with Crippen molar-refractivity contribution in [3.63, 3.8) is 0 Å². The van der Waals surface area contributed by atoms with E-state index in [-0.39, 0.29) is 18.1 Å². The molecule has 0 aliphatic carbocycles. The van der Waals surface area contributed by atoms with Crippen LogP contribution in [0.2, 0.25) is 5.02 Å². The number of likely N-dealkylation sites (N-methyl/N-ethyl adjacent to an activating group) is 1. The maximum absolute atomic E-state index is 13.1. The van der Waals surface area contributed by atoms with E-state index in [4.69, 9.17) is 21.1 Å². The number of carbonyl (C=O) groups excluding carboxylic acids is 2. The van der Waals surface area contributed by atoms with Gasteiger partial charge in [-0.25, -0.2) is 0 Å². The molecule has 4 rings (SSSR count). The fourth-order valence-electron chi connectivity index (χ4n) is 4.09. The summed E-state index contributed by atoms with van der Waals surface area (Å²) < 4.78 is 10.7. The summed E-state index contributed by atoms with van der Waals surface area (Å²) in [4.78, 5) is 29.8. The first kappa shape index (κ1) is 22.2. The second-order valence-electron chi connectivity index (χ2n) is 7.64. The Morgan fingerprint density at radius 1 is 1.09 bits per heavy atom. The molecule has 0 spiro atoms. The van der Waals surface area contributed by atoms with Crippen LogP contribution in [0.25, 0.3) is 5.76 Å². The molecule has 0 bridgehead atoms. The van der Waals surface area contributed by atoms with E-state index < -0.39 is 17.7 Å². The summed E-state index contributed by atoms with van der Waals surface area (Å²) in [5.74, 6) is -0.533. The van der Waals surface area contributed by atoms with E-state index in [0.29, 0.717) is 40.7 Å². The fraction of sp³-hybridized carbons (Fsp3) is 0.333. The Hall–Kier alpha value is -3.03. The Bertz CT molecular complexity index is 1060. The molecule has 2 aliphatic rings. The maximum Gasteiger partial charge on any atom is 0.295 e. The Kier molecular flexibility index (Phi) is 6.39. The van der Waals surface area contributed by atoms with E-state index in [1.165, 1.54) is 4.90 Å². The number of ether oxygens (including phenoxy) is 2. The molecule has 8 heteroatoms. The van der Waals surface area contributed by atoms with Gasteiger partial charge in [-0.1, -0.05) is 37.6 Å². The van der Waals surface area contributed by atoms with Crippen molar-refractivity contribution in [2.45, 2.75) is 19.9 Å². The molecule has 0 aromatic heterocycles. The van der Waals surface area contributed by atoms with Crippen molar-refractivity contribution < 1.29 is 24.2 Å². The lowest BCUT2D eigenvalue weighted by Crippen LogP contribution is -2.38. The van der Waals surface area contributed by atoms with Crippen LogP contribution >= 0.6 is 11.6 Å². The Morgan fingerprint density at radius 3 is 2.47 bits per heavy atom. The van der Waals surface area contributed by atoms with Crippen LogP contribution in [0.4, 0.5) is 0 Å². The molecule has 1 atom stereocenters. The standard InChI is InChI=1S/C24H25ClN2O5/c1-3-26(4-2)11-12-27-21(15-5-8-17(25)9-6-15)20(23(29)24(27)30)22(28)16-7-10-18-19(13-16)32-14-31-18/h5-10,13,21,28H,3-4,11-12,14H2,1-2H3/b22-20+. The summed E-state index contributed by atoms with van der Waals surface area (Å²) in [6.45, 7) is 6.85. The number of likely N-dealkylation sites (tertiary alicyclic amines) is 1. The first-order valence-corrected chi connectivity index (χ1v) is 11.0. The second kappa shape index (κ2) is 9.22. The van der Waals surface area contributed by atoms with Crippen molar-refractivity contribution in [3.05, 3.63) is 64.2 Å². The molecule has 1 saturated heterocycles. The normalized spacial score (nSPS) is 19.2. The number of ketones is 1. The van der Waals surface area contributed by atoms with Gasteiger partial charge in [0.1, 0.15) is 5.76 Å². The van der Waals surface area contributed by atoms with Crippen LogP contribution in [0.5, 0.6) is 11.5 Å². The summed E-state index contributed by atoms with van der Waals surface area (Å²) in [6.07, 6.45) is 0. The zero-order valence-electron chi connectivity index (χ0n) is 18.0. The molecule has 2 aromatic rings. The number of nitrogens with zero attached hydrogens (tertiary/aromatic N) is 2. The van der Waals surface area contributed by atoms with Crippen LogP contribution in [-0.4, -0.2) is 59.6 Å². The van der Waals surface area contributed by atoms with E-state index in [9.17, 15) is 14.7 Å². The lowest BCUT2D eigenvalue weighted by Gasteiger charge is -2.28. The second-order valence-corrected chi connectivity index (χ2v) is 8.08. The van der Waals surface area contributed by atoms with Crippen molar-refractivity contribution in [3.8, 4) is 11.5 Å². The predicted molar refractivity (Wildman–Crippen MR) is 121 cm³/mol. The van der Waals surface area contributed by atoms with Crippen LogP contribution in [-0.2, 0) is 9.59 Å². The molecule has 1 fully saturated rings. The molecule has 1 amide bonds. The summed E-state index contributed by atoms with van der Waals surface area (Å²) in [7, 11) is 0. The molecule has 1 unspecified atom stereocenters. The minimum absolute atomic E-state index is 0.0516. The van der Waals surface area contributed by atoms with Crippen LogP contribution in [0, 0.1) is 0 Å². The molecule has 0 radical (unpaired) electrons. The Labute approximate surface area is 191 Å². The number of Topliss-reactive ketones (excluding diaryl/α,β-unsaturated/α-hetero) is 1. The van der Waals surface area contributed by atoms with Gasteiger partial charge in [0.05, 0.1) is 11.6 Å². The number of amides is 1. The number of rotatable bonds is 7.